The Hall–Kier alpha value is -3.02. The van der Waals surface area contributed by atoms with Crippen LogP contribution in [0.15, 0.2) is 43.0 Å². The molecule has 0 unspecified atom stereocenters. The first kappa shape index (κ1) is 13.0. The fourth-order valence-corrected chi connectivity index (χ4v) is 2.08. The van der Waals surface area contributed by atoms with E-state index in [1.54, 1.807) is 12.3 Å². The maximum Gasteiger partial charge on any atom is 0.339 e. The minimum Gasteiger partial charge on any atom is -0.465 e. The molecule has 2 aromatic heterocycles. The highest BCUT2D eigenvalue weighted by Crippen LogP contribution is 2.25. The number of nitrogens with zero attached hydrogens (tertiary/aromatic N) is 3. The van der Waals surface area contributed by atoms with Gasteiger partial charge in [0.2, 0.25) is 0 Å². The van der Waals surface area contributed by atoms with Gasteiger partial charge in [0.05, 0.1) is 18.2 Å². The Morgan fingerprint density at radius 1 is 1.14 bits per heavy atom. The molecule has 104 valence electrons. The number of aromatic nitrogens is 3. The van der Waals surface area contributed by atoms with E-state index in [9.17, 15) is 4.79 Å². The summed E-state index contributed by atoms with van der Waals surface area (Å²) in [5.74, 6) is -0.00748. The molecule has 0 saturated heterocycles. The molecule has 0 radical (unpaired) electrons. The van der Waals surface area contributed by atoms with Crippen LogP contribution in [0.5, 0.6) is 0 Å². The second kappa shape index (κ2) is 5.16. The number of ether oxygens (including phenoxy) is 1. The summed E-state index contributed by atoms with van der Waals surface area (Å²) in [6.07, 6.45) is 4.57. The molecule has 3 rings (SSSR count). The summed E-state index contributed by atoms with van der Waals surface area (Å²) >= 11 is 0. The first-order chi connectivity index (χ1) is 10.2. The molecular weight excluding hydrogens is 268 g/mol. The number of carbonyl (C=O) groups is 1. The van der Waals surface area contributed by atoms with E-state index in [2.05, 4.69) is 15.0 Å². The Balaban J connectivity index is 2.12. The van der Waals surface area contributed by atoms with Crippen LogP contribution >= 0.6 is 0 Å². The van der Waals surface area contributed by atoms with E-state index >= 15 is 0 Å². The predicted molar refractivity (Wildman–Crippen MR) is 78.5 cm³/mol. The van der Waals surface area contributed by atoms with Gasteiger partial charge in [-0.05, 0) is 23.8 Å². The topological polar surface area (TPSA) is 91.0 Å². The Morgan fingerprint density at radius 3 is 2.81 bits per heavy atom. The van der Waals surface area contributed by atoms with Crippen molar-refractivity contribution in [3.05, 3.63) is 48.5 Å². The van der Waals surface area contributed by atoms with Gasteiger partial charge in [-0.15, -0.1) is 0 Å². The van der Waals surface area contributed by atoms with Gasteiger partial charge in [-0.2, -0.15) is 0 Å². The van der Waals surface area contributed by atoms with Crippen molar-refractivity contribution in [2.45, 2.75) is 0 Å². The van der Waals surface area contributed by atoms with E-state index in [4.69, 9.17) is 10.5 Å². The molecule has 1 aromatic carbocycles. The van der Waals surface area contributed by atoms with Gasteiger partial charge in [0.25, 0.3) is 0 Å². The lowest BCUT2D eigenvalue weighted by atomic mass is 10.0. The van der Waals surface area contributed by atoms with Gasteiger partial charge in [-0.25, -0.2) is 14.8 Å². The quantitative estimate of drug-likeness (QED) is 0.722. The molecule has 0 atom stereocenters. The van der Waals surface area contributed by atoms with Crippen LogP contribution in [0.1, 0.15) is 10.4 Å². The number of rotatable bonds is 2. The van der Waals surface area contributed by atoms with Gasteiger partial charge in [-0.3, -0.25) is 4.98 Å². The molecule has 2 heterocycles. The molecule has 0 saturated carbocycles. The SMILES string of the molecule is COC(=O)c1cncc(-c2ccc3ncnc(N)c3c2)c1. The zero-order valence-corrected chi connectivity index (χ0v) is 11.3. The van der Waals surface area contributed by atoms with Gasteiger partial charge in [-0.1, -0.05) is 6.07 Å². The lowest BCUT2D eigenvalue weighted by Crippen LogP contribution is -2.01. The van der Waals surface area contributed by atoms with Crippen LogP contribution in [0.3, 0.4) is 0 Å². The summed E-state index contributed by atoms with van der Waals surface area (Å²) in [7, 11) is 1.34. The second-order valence-electron chi connectivity index (χ2n) is 4.44. The van der Waals surface area contributed by atoms with Gasteiger partial charge in [0.1, 0.15) is 12.1 Å². The third-order valence-electron chi connectivity index (χ3n) is 3.16. The van der Waals surface area contributed by atoms with E-state index in [-0.39, 0.29) is 0 Å². The van der Waals surface area contributed by atoms with Crippen LogP contribution < -0.4 is 5.73 Å². The normalized spacial score (nSPS) is 10.5. The number of esters is 1. The lowest BCUT2D eigenvalue weighted by molar-refractivity contribution is 0.0600. The number of nitrogen functional groups attached to an aromatic ring is 1. The number of hydrogen-bond acceptors (Lipinski definition) is 6. The van der Waals surface area contributed by atoms with Crippen molar-refractivity contribution < 1.29 is 9.53 Å². The average Bonchev–Trinajstić information content (AvgIpc) is 2.54. The molecule has 0 aliphatic rings. The smallest absolute Gasteiger partial charge is 0.339 e. The molecule has 21 heavy (non-hydrogen) atoms. The number of benzene rings is 1. The predicted octanol–water partition coefficient (Wildman–Crippen LogP) is 2.06. The number of methoxy groups -OCH3 is 1. The van der Waals surface area contributed by atoms with Gasteiger partial charge < -0.3 is 10.5 Å². The molecule has 6 heteroatoms. The molecular formula is C15H12N4O2. The maximum absolute atomic E-state index is 11.6. The Bertz CT molecular complexity index is 833. The van der Waals surface area contributed by atoms with Gasteiger partial charge >= 0.3 is 5.97 Å². The van der Waals surface area contributed by atoms with Crippen LogP contribution in [-0.4, -0.2) is 28.0 Å². The highest BCUT2D eigenvalue weighted by Gasteiger charge is 2.09. The Kier molecular flexibility index (Phi) is 3.19. The largest absolute Gasteiger partial charge is 0.465 e. The lowest BCUT2D eigenvalue weighted by Gasteiger charge is -2.06. The van der Waals surface area contributed by atoms with Gasteiger partial charge in [0, 0.05) is 23.3 Å². The molecule has 0 amide bonds. The Labute approximate surface area is 120 Å². The molecule has 0 fully saturated rings. The summed E-state index contributed by atoms with van der Waals surface area (Å²) < 4.78 is 4.70. The van der Waals surface area contributed by atoms with E-state index in [0.717, 1.165) is 22.0 Å². The molecule has 6 nitrogen and oxygen atoms in total. The summed E-state index contributed by atoms with van der Waals surface area (Å²) in [5.41, 5.74) is 8.70. The van der Waals surface area contributed by atoms with E-state index in [1.807, 2.05) is 18.2 Å². The van der Waals surface area contributed by atoms with Crippen molar-refractivity contribution in [1.82, 2.24) is 15.0 Å². The van der Waals surface area contributed by atoms with Crippen LogP contribution in [0.25, 0.3) is 22.0 Å². The maximum atomic E-state index is 11.6. The second-order valence-corrected chi connectivity index (χ2v) is 4.44. The first-order valence-corrected chi connectivity index (χ1v) is 6.23. The fraction of sp³-hybridized carbons (Fsp3) is 0.0667. The third-order valence-corrected chi connectivity index (χ3v) is 3.16. The number of fused-ring (bicyclic) bond motifs is 1. The highest BCUT2D eigenvalue weighted by atomic mass is 16.5. The monoisotopic (exact) mass is 280 g/mol. The van der Waals surface area contributed by atoms with Crippen molar-refractivity contribution in [3.63, 3.8) is 0 Å². The van der Waals surface area contributed by atoms with E-state index in [1.165, 1.54) is 19.6 Å². The molecule has 0 spiro atoms. The van der Waals surface area contributed by atoms with Gasteiger partial charge in [0.15, 0.2) is 0 Å². The number of hydrogen-bond donors (Lipinski definition) is 1. The first-order valence-electron chi connectivity index (χ1n) is 6.23. The number of carbonyl (C=O) groups excluding carboxylic acids is 1. The summed E-state index contributed by atoms with van der Waals surface area (Å²) in [4.78, 5) is 23.8. The summed E-state index contributed by atoms with van der Waals surface area (Å²) in [5, 5.41) is 0.762. The van der Waals surface area contributed by atoms with Crippen LogP contribution in [-0.2, 0) is 4.74 Å². The molecule has 0 aliphatic heterocycles. The van der Waals surface area contributed by atoms with Crippen molar-refractivity contribution in [2.24, 2.45) is 0 Å². The molecule has 3 aromatic rings. The van der Waals surface area contributed by atoms with Crippen molar-refractivity contribution in [3.8, 4) is 11.1 Å². The summed E-state index contributed by atoms with van der Waals surface area (Å²) in [6.45, 7) is 0. The third kappa shape index (κ3) is 2.38. The van der Waals surface area contributed by atoms with Crippen molar-refractivity contribution in [1.29, 1.82) is 0 Å². The van der Waals surface area contributed by atoms with Crippen molar-refractivity contribution >= 4 is 22.7 Å². The zero-order valence-electron chi connectivity index (χ0n) is 11.3. The van der Waals surface area contributed by atoms with E-state index < -0.39 is 5.97 Å². The molecule has 0 bridgehead atoms. The number of pyridine rings is 1. The van der Waals surface area contributed by atoms with Crippen molar-refractivity contribution in [2.75, 3.05) is 12.8 Å². The van der Waals surface area contributed by atoms with Crippen LogP contribution in [0.2, 0.25) is 0 Å². The fourth-order valence-electron chi connectivity index (χ4n) is 2.08. The van der Waals surface area contributed by atoms with Crippen LogP contribution in [0, 0.1) is 0 Å². The minimum atomic E-state index is -0.423. The number of nitrogens with two attached hydrogens (primary N) is 1. The van der Waals surface area contributed by atoms with E-state index in [0.29, 0.717) is 11.4 Å². The molecule has 0 aliphatic carbocycles. The minimum absolute atomic E-state index is 0.396. The molecule has 2 N–H and O–H groups in total. The zero-order chi connectivity index (χ0) is 14.8. The highest BCUT2D eigenvalue weighted by molar-refractivity contribution is 5.93. The number of anilines is 1. The Morgan fingerprint density at radius 2 is 2.00 bits per heavy atom. The summed E-state index contributed by atoms with van der Waals surface area (Å²) in [6, 6.07) is 7.35. The van der Waals surface area contributed by atoms with Crippen LogP contribution in [0.4, 0.5) is 5.82 Å². The average molecular weight is 280 g/mol. The standard InChI is InChI=1S/C15H12N4O2/c1-21-15(20)11-4-10(6-17-7-11)9-2-3-13-12(5-9)14(16)19-8-18-13/h2-8H,1H3,(H2,16,18,19).